The molecule has 0 amide bonds. The number of aromatic amines is 1. The lowest BCUT2D eigenvalue weighted by molar-refractivity contribution is 0.206. The van der Waals surface area contributed by atoms with Gasteiger partial charge in [-0.2, -0.15) is 5.10 Å². The molecule has 0 saturated heterocycles. The van der Waals surface area contributed by atoms with Crippen molar-refractivity contribution in [3.63, 3.8) is 0 Å². The predicted octanol–water partition coefficient (Wildman–Crippen LogP) is 0.455. The summed E-state index contributed by atoms with van der Waals surface area (Å²) < 4.78 is 0. The normalized spacial score (nSPS) is 20.2. The zero-order valence-electron chi connectivity index (χ0n) is 8.51. The van der Waals surface area contributed by atoms with Gasteiger partial charge >= 0.3 is 0 Å². The van der Waals surface area contributed by atoms with Crippen LogP contribution < -0.4 is 5.73 Å². The fraction of sp³-hybridized carbons (Fsp3) is 0.700. The zero-order valence-corrected chi connectivity index (χ0v) is 8.51. The van der Waals surface area contributed by atoms with Crippen LogP contribution in [0.3, 0.4) is 0 Å². The van der Waals surface area contributed by atoms with E-state index in [1.54, 1.807) is 0 Å². The van der Waals surface area contributed by atoms with Crippen LogP contribution in [0.5, 0.6) is 0 Å². The molecule has 0 bridgehead atoms. The lowest BCUT2D eigenvalue weighted by Crippen LogP contribution is -2.38. The van der Waals surface area contributed by atoms with E-state index in [2.05, 4.69) is 10.2 Å². The number of hydrogen-bond donors (Lipinski definition) is 3. The van der Waals surface area contributed by atoms with Crippen molar-refractivity contribution in [2.24, 2.45) is 5.73 Å². The van der Waals surface area contributed by atoms with Gasteiger partial charge in [0.1, 0.15) is 0 Å². The average molecular weight is 195 g/mol. The standard InChI is InChI=1S/C10H17N3O/c1-10(11,6-14)9-7-4-2-3-5-8(7)12-13-9/h14H,2-6,11H2,1H3,(H,12,13). The number of nitrogens with one attached hydrogen (secondary N) is 1. The van der Waals surface area contributed by atoms with Gasteiger partial charge < -0.3 is 10.8 Å². The molecule has 1 unspecified atom stereocenters. The van der Waals surface area contributed by atoms with Crippen LogP contribution >= 0.6 is 0 Å². The van der Waals surface area contributed by atoms with Gasteiger partial charge in [0.25, 0.3) is 0 Å². The molecule has 14 heavy (non-hydrogen) atoms. The van der Waals surface area contributed by atoms with Gasteiger partial charge in [0, 0.05) is 5.69 Å². The van der Waals surface area contributed by atoms with Gasteiger partial charge in [-0.25, -0.2) is 0 Å². The Balaban J connectivity index is 2.39. The van der Waals surface area contributed by atoms with Crippen LogP contribution in [0.15, 0.2) is 0 Å². The van der Waals surface area contributed by atoms with Crippen molar-refractivity contribution in [3.05, 3.63) is 17.0 Å². The van der Waals surface area contributed by atoms with Crippen LogP contribution in [0.4, 0.5) is 0 Å². The first-order chi connectivity index (χ1) is 6.65. The van der Waals surface area contributed by atoms with E-state index >= 15 is 0 Å². The van der Waals surface area contributed by atoms with Crippen molar-refractivity contribution in [2.75, 3.05) is 6.61 Å². The predicted molar refractivity (Wildman–Crippen MR) is 53.9 cm³/mol. The van der Waals surface area contributed by atoms with E-state index in [0.717, 1.165) is 18.5 Å². The lowest BCUT2D eigenvalue weighted by atomic mass is 9.89. The highest BCUT2D eigenvalue weighted by Gasteiger charge is 2.29. The second-order valence-electron chi connectivity index (χ2n) is 4.31. The molecule has 2 rings (SSSR count). The summed E-state index contributed by atoms with van der Waals surface area (Å²) in [6.45, 7) is 1.75. The van der Waals surface area contributed by atoms with Gasteiger partial charge in [0.05, 0.1) is 17.8 Å². The second-order valence-corrected chi connectivity index (χ2v) is 4.31. The number of aromatic nitrogens is 2. The number of H-pyrrole nitrogens is 1. The maximum atomic E-state index is 9.19. The fourth-order valence-corrected chi connectivity index (χ4v) is 2.03. The molecule has 0 radical (unpaired) electrons. The molecule has 1 aliphatic rings. The van der Waals surface area contributed by atoms with E-state index in [9.17, 15) is 5.11 Å². The van der Waals surface area contributed by atoms with Crippen molar-refractivity contribution in [1.82, 2.24) is 10.2 Å². The molecule has 1 aromatic rings. The van der Waals surface area contributed by atoms with Gasteiger partial charge in [-0.15, -0.1) is 0 Å². The minimum atomic E-state index is -0.707. The molecule has 1 heterocycles. The Hall–Kier alpha value is -0.870. The molecular formula is C10H17N3O. The quantitative estimate of drug-likeness (QED) is 0.641. The minimum absolute atomic E-state index is 0.0652. The van der Waals surface area contributed by atoms with Crippen molar-refractivity contribution < 1.29 is 5.11 Å². The van der Waals surface area contributed by atoms with E-state index in [1.165, 1.54) is 24.1 Å². The Kier molecular flexibility index (Phi) is 2.33. The monoisotopic (exact) mass is 195 g/mol. The van der Waals surface area contributed by atoms with Crippen molar-refractivity contribution >= 4 is 0 Å². The summed E-state index contributed by atoms with van der Waals surface area (Å²) in [5, 5.41) is 16.4. The zero-order chi connectivity index (χ0) is 10.2. The average Bonchev–Trinajstić information content (AvgIpc) is 2.61. The minimum Gasteiger partial charge on any atom is -0.394 e. The first-order valence-electron chi connectivity index (χ1n) is 5.11. The molecule has 0 aliphatic heterocycles. The first kappa shape index (κ1) is 9.68. The summed E-state index contributed by atoms with van der Waals surface area (Å²) in [5.74, 6) is 0. The Morgan fingerprint density at radius 3 is 2.93 bits per heavy atom. The van der Waals surface area contributed by atoms with Crippen LogP contribution in [-0.2, 0) is 18.4 Å². The molecule has 4 N–H and O–H groups in total. The number of aryl methyl sites for hydroxylation is 1. The maximum absolute atomic E-state index is 9.19. The molecule has 1 aliphatic carbocycles. The first-order valence-corrected chi connectivity index (χ1v) is 5.11. The van der Waals surface area contributed by atoms with Crippen LogP contribution in [0.25, 0.3) is 0 Å². The number of rotatable bonds is 2. The maximum Gasteiger partial charge on any atom is 0.0876 e. The molecule has 1 aromatic heterocycles. The Morgan fingerprint density at radius 2 is 2.21 bits per heavy atom. The molecule has 0 fully saturated rings. The third-order valence-electron chi connectivity index (χ3n) is 2.93. The van der Waals surface area contributed by atoms with Crippen LogP contribution in [0.2, 0.25) is 0 Å². The number of aliphatic hydroxyl groups excluding tert-OH is 1. The molecule has 1 atom stereocenters. The molecule has 0 spiro atoms. The van der Waals surface area contributed by atoms with Crippen molar-refractivity contribution in [1.29, 1.82) is 0 Å². The summed E-state index contributed by atoms with van der Waals surface area (Å²) in [6, 6.07) is 0. The Morgan fingerprint density at radius 1 is 1.50 bits per heavy atom. The molecular weight excluding hydrogens is 178 g/mol. The SMILES string of the molecule is CC(N)(CO)c1n[nH]c2c1CCCC2. The van der Waals surface area contributed by atoms with Gasteiger partial charge in [0.15, 0.2) is 0 Å². The third-order valence-corrected chi connectivity index (χ3v) is 2.93. The van der Waals surface area contributed by atoms with Gasteiger partial charge in [-0.05, 0) is 38.2 Å². The molecule has 0 saturated carbocycles. The van der Waals surface area contributed by atoms with Crippen LogP contribution in [0, 0.1) is 0 Å². The number of hydrogen-bond acceptors (Lipinski definition) is 3. The number of nitrogens with zero attached hydrogens (tertiary/aromatic N) is 1. The second kappa shape index (κ2) is 3.37. The van der Waals surface area contributed by atoms with E-state index in [-0.39, 0.29) is 6.61 Å². The van der Waals surface area contributed by atoms with E-state index in [4.69, 9.17) is 5.73 Å². The van der Waals surface area contributed by atoms with E-state index in [0.29, 0.717) is 0 Å². The lowest BCUT2D eigenvalue weighted by Gasteiger charge is -2.22. The summed E-state index contributed by atoms with van der Waals surface area (Å²) >= 11 is 0. The number of fused-ring (bicyclic) bond motifs is 1. The molecule has 0 aromatic carbocycles. The topological polar surface area (TPSA) is 74.9 Å². The molecule has 4 nitrogen and oxygen atoms in total. The Labute approximate surface area is 83.5 Å². The highest BCUT2D eigenvalue weighted by atomic mass is 16.3. The van der Waals surface area contributed by atoms with Gasteiger partial charge in [0.2, 0.25) is 0 Å². The van der Waals surface area contributed by atoms with Crippen LogP contribution in [0.1, 0.15) is 36.7 Å². The molecule has 4 heteroatoms. The number of nitrogens with two attached hydrogens (primary N) is 1. The summed E-state index contributed by atoms with van der Waals surface area (Å²) in [7, 11) is 0. The third kappa shape index (κ3) is 1.44. The van der Waals surface area contributed by atoms with Gasteiger partial charge in [-0.1, -0.05) is 0 Å². The van der Waals surface area contributed by atoms with E-state index in [1.807, 2.05) is 6.92 Å². The Bertz CT molecular complexity index is 330. The smallest absolute Gasteiger partial charge is 0.0876 e. The fourth-order valence-electron chi connectivity index (χ4n) is 2.03. The summed E-state index contributed by atoms with van der Waals surface area (Å²) in [5.41, 5.74) is 8.55. The molecule has 78 valence electrons. The highest BCUT2D eigenvalue weighted by Crippen LogP contribution is 2.27. The van der Waals surface area contributed by atoms with E-state index < -0.39 is 5.54 Å². The van der Waals surface area contributed by atoms with Gasteiger partial charge in [-0.3, -0.25) is 5.10 Å². The van der Waals surface area contributed by atoms with Crippen molar-refractivity contribution in [2.45, 2.75) is 38.1 Å². The summed E-state index contributed by atoms with van der Waals surface area (Å²) in [6.07, 6.45) is 4.51. The number of aliphatic hydroxyl groups is 1. The summed E-state index contributed by atoms with van der Waals surface area (Å²) in [4.78, 5) is 0. The van der Waals surface area contributed by atoms with Crippen molar-refractivity contribution in [3.8, 4) is 0 Å². The largest absolute Gasteiger partial charge is 0.394 e. The van der Waals surface area contributed by atoms with Crippen LogP contribution in [-0.4, -0.2) is 21.9 Å². The highest BCUT2D eigenvalue weighted by molar-refractivity contribution is 5.32.